The minimum absolute atomic E-state index is 0.190. The topological polar surface area (TPSA) is 61.2 Å². The molecule has 5 heteroatoms. The van der Waals surface area contributed by atoms with Crippen molar-refractivity contribution in [2.24, 2.45) is 17.3 Å². The second-order valence-corrected chi connectivity index (χ2v) is 8.56. The van der Waals surface area contributed by atoms with E-state index >= 15 is 0 Å². The number of rotatable bonds is 3. The summed E-state index contributed by atoms with van der Waals surface area (Å²) in [5.41, 5.74) is -0.190. The molecule has 0 amide bonds. The average Bonchev–Trinajstić information content (AvgIpc) is 2.71. The van der Waals surface area contributed by atoms with Crippen LogP contribution < -0.4 is 0 Å². The van der Waals surface area contributed by atoms with Crippen LogP contribution in [0.25, 0.3) is 0 Å². The number of piperidine rings is 1. The van der Waals surface area contributed by atoms with Gasteiger partial charge in [-0.2, -0.15) is 5.26 Å². The Bertz CT molecular complexity index is 468. The zero-order chi connectivity index (χ0) is 14.1. The SMILES string of the molecule is CC1CCC(C#N)(CC2CCCN(S(C)(=O)=O)C2)C1. The Morgan fingerprint density at radius 2 is 2.16 bits per heavy atom. The maximum absolute atomic E-state index is 11.6. The minimum atomic E-state index is -3.08. The van der Waals surface area contributed by atoms with Crippen molar-refractivity contribution in [2.45, 2.75) is 45.4 Å². The quantitative estimate of drug-likeness (QED) is 0.799. The Labute approximate surface area is 116 Å². The van der Waals surface area contributed by atoms with Crippen molar-refractivity contribution in [3.05, 3.63) is 0 Å². The molecule has 0 aromatic heterocycles. The largest absolute Gasteiger partial charge is 0.213 e. The molecular formula is C14H24N2O2S. The zero-order valence-electron chi connectivity index (χ0n) is 11.9. The fourth-order valence-electron chi connectivity index (χ4n) is 3.77. The smallest absolute Gasteiger partial charge is 0.211 e. The lowest BCUT2D eigenvalue weighted by atomic mass is 9.76. The van der Waals surface area contributed by atoms with Crippen LogP contribution in [0.15, 0.2) is 0 Å². The fourth-order valence-corrected chi connectivity index (χ4v) is 4.72. The lowest BCUT2D eigenvalue weighted by molar-refractivity contribution is 0.201. The fraction of sp³-hybridized carbons (Fsp3) is 0.929. The second kappa shape index (κ2) is 5.41. The molecule has 1 heterocycles. The summed E-state index contributed by atoms with van der Waals surface area (Å²) in [7, 11) is -3.08. The standard InChI is InChI=1S/C14H24N2O2S/c1-12-5-6-14(8-12,11-15)9-13-4-3-7-16(10-13)19(2,17)18/h12-13H,3-10H2,1-2H3. The molecule has 108 valence electrons. The van der Waals surface area contributed by atoms with Crippen LogP contribution in [0, 0.1) is 28.6 Å². The van der Waals surface area contributed by atoms with Crippen molar-refractivity contribution in [1.29, 1.82) is 5.26 Å². The van der Waals surface area contributed by atoms with Crippen LogP contribution in [0.1, 0.15) is 45.4 Å². The van der Waals surface area contributed by atoms with Gasteiger partial charge in [0.2, 0.25) is 10.0 Å². The maximum atomic E-state index is 11.6. The molecular weight excluding hydrogens is 260 g/mol. The number of hydrogen-bond donors (Lipinski definition) is 0. The number of nitrogens with zero attached hydrogens (tertiary/aromatic N) is 2. The Hall–Kier alpha value is -0.600. The van der Waals surface area contributed by atoms with Crippen LogP contribution >= 0.6 is 0 Å². The zero-order valence-corrected chi connectivity index (χ0v) is 12.7. The molecule has 3 unspecified atom stereocenters. The van der Waals surface area contributed by atoms with Crippen molar-refractivity contribution in [2.75, 3.05) is 19.3 Å². The molecule has 1 saturated carbocycles. The summed E-state index contributed by atoms with van der Waals surface area (Å²) < 4.78 is 24.9. The van der Waals surface area contributed by atoms with E-state index in [9.17, 15) is 13.7 Å². The van der Waals surface area contributed by atoms with E-state index in [-0.39, 0.29) is 5.41 Å². The van der Waals surface area contributed by atoms with Gasteiger partial charge >= 0.3 is 0 Å². The summed E-state index contributed by atoms with van der Waals surface area (Å²) in [6.07, 6.45) is 7.25. The number of nitriles is 1. The summed E-state index contributed by atoms with van der Waals surface area (Å²) >= 11 is 0. The van der Waals surface area contributed by atoms with Crippen molar-refractivity contribution in [1.82, 2.24) is 4.31 Å². The van der Waals surface area contributed by atoms with Crippen molar-refractivity contribution >= 4 is 10.0 Å². The summed E-state index contributed by atoms with van der Waals surface area (Å²) in [6.45, 7) is 3.46. The van der Waals surface area contributed by atoms with Gasteiger partial charge in [-0.15, -0.1) is 0 Å². The predicted molar refractivity (Wildman–Crippen MR) is 74.8 cm³/mol. The van der Waals surface area contributed by atoms with E-state index in [0.717, 1.165) is 38.5 Å². The molecule has 0 radical (unpaired) electrons. The van der Waals surface area contributed by atoms with Crippen LogP contribution in [0.5, 0.6) is 0 Å². The van der Waals surface area contributed by atoms with E-state index in [4.69, 9.17) is 0 Å². The highest BCUT2D eigenvalue weighted by atomic mass is 32.2. The van der Waals surface area contributed by atoms with E-state index in [1.165, 1.54) is 6.26 Å². The van der Waals surface area contributed by atoms with E-state index < -0.39 is 10.0 Å². The van der Waals surface area contributed by atoms with Gasteiger partial charge in [-0.1, -0.05) is 6.92 Å². The maximum Gasteiger partial charge on any atom is 0.211 e. The summed E-state index contributed by atoms with van der Waals surface area (Å²) in [6, 6.07) is 2.54. The molecule has 0 N–H and O–H groups in total. The third-order valence-electron chi connectivity index (χ3n) is 4.72. The highest BCUT2D eigenvalue weighted by molar-refractivity contribution is 7.88. The van der Waals surface area contributed by atoms with E-state index in [1.54, 1.807) is 4.31 Å². The lowest BCUT2D eigenvalue weighted by Gasteiger charge is -2.34. The Morgan fingerprint density at radius 3 is 2.68 bits per heavy atom. The van der Waals surface area contributed by atoms with Gasteiger partial charge in [0.05, 0.1) is 17.7 Å². The lowest BCUT2D eigenvalue weighted by Crippen LogP contribution is -2.40. The Balaban J connectivity index is 2.01. The van der Waals surface area contributed by atoms with E-state index in [0.29, 0.717) is 24.9 Å². The monoisotopic (exact) mass is 284 g/mol. The first-order valence-electron chi connectivity index (χ1n) is 7.21. The molecule has 0 spiro atoms. The van der Waals surface area contributed by atoms with Crippen LogP contribution in [-0.4, -0.2) is 32.1 Å². The molecule has 0 bridgehead atoms. The molecule has 2 rings (SSSR count). The van der Waals surface area contributed by atoms with E-state index in [1.807, 2.05) is 0 Å². The van der Waals surface area contributed by atoms with Crippen LogP contribution in [0.4, 0.5) is 0 Å². The van der Waals surface area contributed by atoms with Gasteiger partial charge in [-0.05, 0) is 50.4 Å². The second-order valence-electron chi connectivity index (χ2n) is 6.57. The van der Waals surface area contributed by atoms with Crippen LogP contribution in [-0.2, 0) is 10.0 Å². The van der Waals surface area contributed by atoms with E-state index in [2.05, 4.69) is 13.0 Å². The van der Waals surface area contributed by atoms with Gasteiger partial charge in [0.25, 0.3) is 0 Å². The molecule has 1 saturated heterocycles. The summed E-state index contributed by atoms with van der Waals surface area (Å²) in [5.74, 6) is 0.989. The molecule has 0 aromatic carbocycles. The first kappa shape index (κ1) is 14.8. The highest BCUT2D eigenvalue weighted by Gasteiger charge is 2.40. The number of sulfonamides is 1. The van der Waals surface area contributed by atoms with Gasteiger partial charge in [0.1, 0.15) is 0 Å². The van der Waals surface area contributed by atoms with Crippen LogP contribution in [0.2, 0.25) is 0 Å². The van der Waals surface area contributed by atoms with Gasteiger partial charge in [0, 0.05) is 13.1 Å². The van der Waals surface area contributed by atoms with Crippen LogP contribution in [0.3, 0.4) is 0 Å². The first-order chi connectivity index (χ1) is 8.85. The predicted octanol–water partition coefficient (Wildman–Crippen LogP) is 2.38. The molecule has 1 aliphatic carbocycles. The van der Waals surface area contributed by atoms with Gasteiger partial charge < -0.3 is 0 Å². The van der Waals surface area contributed by atoms with Gasteiger partial charge in [-0.25, -0.2) is 12.7 Å². The molecule has 1 aliphatic heterocycles. The van der Waals surface area contributed by atoms with Gasteiger partial charge in [-0.3, -0.25) is 0 Å². The molecule has 2 fully saturated rings. The Morgan fingerprint density at radius 1 is 1.42 bits per heavy atom. The number of hydrogen-bond acceptors (Lipinski definition) is 3. The Kier molecular flexibility index (Phi) is 4.22. The molecule has 4 nitrogen and oxygen atoms in total. The van der Waals surface area contributed by atoms with Crippen molar-refractivity contribution < 1.29 is 8.42 Å². The van der Waals surface area contributed by atoms with Crippen molar-refractivity contribution in [3.63, 3.8) is 0 Å². The molecule has 2 aliphatic rings. The average molecular weight is 284 g/mol. The highest BCUT2D eigenvalue weighted by Crippen LogP contribution is 2.46. The molecule has 19 heavy (non-hydrogen) atoms. The molecule has 0 aromatic rings. The third kappa shape index (κ3) is 3.49. The van der Waals surface area contributed by atoms with Crippen molar-refractivity contribution in [3.8, 4) is 6.07 Å². The normalized spacial score (nSPS) is 37.1. The summed E-state index contributed by atoms with van der Waals surface area (Å²) in [4.78, 5) is 0. The molecule has 3 atom stereocenters. The third-order valence-corrected chi connectivity index (χ3v) is 5.99. The van der Waals surface area contributed by atoms with Gasteiger partial charge in [0.15, 0.2) is 0 Å². The minimum Gasteiger partial charge on any atom is -0.213 e. The first-order valence-corrected chi connectivity index (χ1v) is 9.06. The summed E-state index contributed by atoms with van der Waals surface area (Å²) in [5, 5.41) is 9.51.